The topological polar surface area (TPSA) is 70.2 Å². The Bertz CT molecular complexity index is 842. The van der Waals surface area contributed by atoms with Gasteiger partial charge in [0.1, 0.15) is 11.2 Å². The number of aromatic amines is 2. The molecule has 0 aromatic carbocycles. The highest BCUT2D eigenvalue weighted by Gasteiger charge is 2.09. The molecule has 5 heteroatoms. The Hall–Kier alpha value is -2.69. The van der Waals surface area contributed by atoms with E-state index in [9.17, 15) is 0 Å². The van der Waals surface area contributed by atoms with Crippen LogP contribution in [0.2, 0.25) is 0 Å². The van der Waals surface area contributed by atoms with Crippen LogP contribution < -0.4 is 0 Å². The molecule has 0 unspecified atom stereocenters. The molecule has 0 aliphatic rings. The monoisotopic (exact) mass is 235 g/mol. The average Bonchev–Trinajstić information content (AvgIpc) is 3.04. The highest BCUT2D eigenvalue weighted by Crippen LogP contribution is 2.26. The van der Waals surface area contributed by atoms with Gasteiger partial charge >= 0.3 is 0 Å². The van der Waals surface area contributed by atoms with Gasteiger partial charge in [-0.15, -0.1) is 0 Å². The predicted molar refractivity (Wildman–Crippen MR) is 69.0 cm³/mol. The Morgan fingerprint density at radius 1 is 1.00 bits per heavy atom. The number of nitrogens with zero attached hydrogens (tertiary/aromatic N) is 3. The fraction of sp³-hybridized carbons (Fsp3) is 0. The van der Waals surface area contributed by atoms with E-state index >= 15 is 0 Å². The molecular formula is C13H9N5. The van der Waals surface area contributed by atoms with Crippen LogP contribution in [0, 0.1) is 0 Å². The lowest BCUT2D eigenvalue weighted by molar-refractivity contribution is 1.26. The van der Waals surface area contributed by atoms with Crippen molar-refractivity contribution < 1.29 is 0 Å². The molecule has 0 fully saturated rings. The van der Waals surface area contributed by atoms with E-state index in [1.807, 2.05) is 30.6 Å². The van der Waals surface area contributed by atoms with Crippen molar-refractivity contribution in [3.05, 3.63) is 43.0 Å². The van der Waals surface area contributed by atoms with Crippen molar-refractivity contribution in [2.45, 2.75) is 0 Å². The molecule has 0 amide bonds. The summed E-state index contributed by atoms with van der Waals surface area (Å²) >= 11 is 0. The number of aromatic nitrogens is 5. The molecule has 0 spiro atoms. The predicted octanol–water partition coefficient (Wildman–Crippen LogP) is 2.50. The molecule has 0 atom stereocenters. The van der Waals surface area contributed by atoms with E-state index in [-0.39, 0.29) is 0 Å². The van der Waals surface area contributed by atoms with Gasteiger partial charge in [-0.25, -0.2) is 15.0 Å². The number of pyridine rings is 1. The van der Waals surface area contributed by atoms with Crippen LogP contribution in [-0.4, -0.2) is 24.9 Å². The van der Waals surface area contributed by atoms with Crippen molar-refractivity contribution in [3.63, 3.8) is 0 Å². The van der Waals surface area contributed by atoms with Crippen LogP contribution in [0.3, 0.4) is 0 Å². The normalized spacial score (nSPS) is 11.3. The van der Waals surface area contributed by atoms with Crippen LogP contribution in [0.1, 0.15) is 0 Å². The molecule has 0 radical (unpaired) electrons. The Labute approximate surface area is 102 Å². The van der Waals surface area contributed by atoms with E-state index in [4.69, 9.17) is 0 Å². The van der Waals surface area contributed by atoms with Gasteiger partial charge in [-0.2, -0.15) is 0 Å². The van der Waals surface area contributed by atoms with Gasteiger partial charge in [-0.3, -0.25) is 0 Å². The summed E-state index contributed by atoms with van der Waals surface area (Å²) in [6, 6.07) is 5.86. The van der Waals surface area contributed by atoms with E-state index in [1.165, 1.54) is 0 Å². The number of H-pyrrole nitrogens is 2. The Balaban J connectivity index is 2.00. The highest BCUT2D eigenvalue weighted by atomic mass is 14.9. The quantitative estimate of drug-likeness (QED) is 0.532. The van der Waals surface area contributed by atoms with Gasteiger partial charge in [0.15, 0.2) is 5.65 Å². The second-order valence-corrected chi connectivity index (χ2v) is 4.07. The Kier molecular flexibility index (Phi) is 1.77. The lowest BCUT2D eigenvalue weighted by Crippen LogP contribution is -1.86. The zero-order chi connectivity index (χ0) is 11.9. The zero-order valence-corrected chi connectivity index (χ0v) is 9.38. The minimum atomic E-state index is 0.803. The second kappa shape index (κ2) is 3.40. The third-order valence-electron chi connectivity index (χ3n) is 2.99. The maximum Gasteiger partial charge on any atom is 0.156 e. The van der Waals surface area contributed by atoms with Gasteiger partial charge in [0.05, 0.1) is 11.9 Å². The number of hydrogen-bond donors (Lipinski definition) is 2. The summed E-state index contributed by atoms with van der Waals surface area (Å²) in [7, 11) is 0. The molecule has 0 aliphatic carbocycles. The van der Waals surface area contributed by atoms with Crippen LogP contribution in [0.25, 0.3) is 33.5 Å². The summed E-state index contributed by atoms with van der Waals surface area (Å²) < 4.78 is 0. The number of nitrogens with one attached hydrogen (secondary N) is 2. The summed E-state index contributed by atoms with van der Waals surface area (Å²) in [5.41, 5.74) is 4.40. The SMILES string of the molecule is c1cnc2[nH]cc(-c3cnc4[nH]ccc4n3)c2c1. The van der Waals surface area contributed by atoms with Gasteiger partial charge in [0.2, 0.25) is 0 Å². The van der Waals surface area contributed by atoms with Crippen LogP contribution in [-0.2, 0) is 0 Å². The first-order valence-electron chi connectivity index (χ1n) is 5.64. The number of rotatable bonds is 1. The molecule has 18 heavy (non-hydrogen) atoms. The maximum absolute atomic E-state index is 4.59. The summed E-state index contributed by atoms with van der Waals surface area (Å²) in [5, 5.41) is 1.06. The van der Waals surface area contributed by atoms with Gasteiger partial charge in [0.25, 0.3) is 0 Å². The zero-order valence-electron chi connectivity index (χ0n) is 9.38. The molecule has 86 valence electrons. The van der Waals surface area contributed by atoms with Gasteiger partial charge in [-0.1, -0.05) is 0 Å². The fourth-order valence-electron chi connectivity index (χ4n) is 2.13. The third kappa shape index (κ3) is 1.24. The first kappa shape index (κ1) is 9.35. The molecule has 4 aromatic rings. The van der Waals surface area contributed by atoms with Gasteiger partial charge in [-0.05, 0) is 18.2 Å². The fourth-order valence-corrected chi connectivity index (χ4v) is 2.13. The minimum Gasteiger partial charge on any atom is -0.345 e. The van der Waals surface area contributed by atoms with E-state index in [1.54, 1.807) is 12.4 Å². The third-order valence-corrected chi connectivity index (χ3v) is 2.99. The molecule has 4 aromatic heterocycles. The molecule has 4 rings (SSSR count). The highest BCUT2D eigenvalue weighted by molar-refractivity contribution is 5.93. The largest absolute Gasteiger partial charge is 0.345 e. The lowest BCUT2D eigenvalue weighted by Gasteiger charge is -1.98. The number of fused-ring (bicyclic) bond motifs is 2. The summed E-state index contributed by atoms with van der Waals surface area (Å²) in [4.78, 5) is 19.4. The van der Waals surface area contributed by atoms with E-state index in [0.717, 1.165) is 33.5 Å². The molecule has 0 saturated heterocycles. The van der Waals surface area contributed by atoms with Crippen molar-refractivity contribution in [2.24, 2.45) is 0 Å². The van der Waals surface area contributed by atoms with Crippen LogP contribution in [0.5, 0.6) is 0 Å². The number of hydrogen-bond acceptors (Lipinski definition) is 3. The molecule has 0 saturated carbocycles. The van der Waals surface area contributed by atoms with Crippen molar-refractivity contribution >= 4 is 22.2 Å². The molecule has 2 N–H and O–H groups in total. The van der Waals surface area contributed by atoms with Crippen LogP contribution in [0.4, 0.5) is 0 Å². The first-order valence-corrected chi connectivity index (χ1v) is 5.64. The van der Waals surface area contributed by atoms with Crippen LogP contribution in [0.15, 0.2) is 43.0 Å². The van der Waals surface area contributed by atoms with Crippen molar-refractivity contribution in [3.8, 4) is 11.3 Å². The Morgan fingerprint density at radius 2 is 2.00 bits per heavy atom. The average molecular weight is 235 g/mol. The van der Waals surface area contributed by atoms with Crippen LogP contribution >= 0.6 is 0 Å². The summed E-state index contributed by atoms with van der Waals surface area (Å²) in [5.74, 6) is 0. The smallest absolute Gasteiger partial charge is 0.156 e. The summed E-state index contributed by atoms with van der Waals surface area (Å²) in [6.07, 6.45) is 7.30. The first-order chi connectivity index (χ1) is 8.92. The minimum absolute atomic E-state index is 0.803. The van der Waals surface area contributed by atoms with Crippen molar-refractivity contribution in [1.82, 2.24) is 24.9 Å². The standard InChI is InChI=1S/C13H9N5/c1-2-8-9(6-16-12(8)14-4-1)11-7-17-13-10(18-11)3-5-15-13/h1-7H,(H,14,16)(H,15,17). The van der Waals surface area contributed by atoms with Gasteiger partial charge in [0, 0.05) is 29.5 Å². The molecular weight excluding hydrogens is 226 g/mol. The van der Waals surface area contributed by atoms with E-state index in [0.29, 0.717) is 0 Å². The molecule has 4 heterocycles. The molecule has 0 aliphatic heterocycles. The van der Waals surface area contributed by atoms with Crippen molar-refractivity contribution in [1.29, 1.82) is 0 Å². The summed E-state index contributed by atoms with van der Waals surface area (Å²) in [6.45, 7) is 0. The van der Waals surface area contributed by atoms with E-state index < -0.39 is 0 Å². The van der Waals surface area contributed by atoms with E-state index in [2.05, 4.69) is 24.9 Å². The lowest BCUT2D eigenvalue weighted by atomic mass is 10.2. The molecule has 5 nitrogen and oxygen atoms in total. The Morgan fingerprint density at radius 3 is 3.00 bits per heavy atom. The maximum atomic E-state index is 4.59. The second-order valence-electron chi connectivity index (χ2n) is 4.07. The molecule has 0 bridgehead atoms. The van der Waals surface area contributed by atoms with Crippen molar-refractivity contribution in [2.75, 3.05) is 0 Å². The van der Waals surface area contributed by atoms with Gasteiger partial charge < -0.3 is 9.97 Å².